The van der Waals surface area contributed by atoms with Crippen LogP contribution in [0, 0.1) is 0 Å². The molecule has 0 saturated heterocycles. The molecule has 0 heterocycles. The number of rotatable bonds is 1. The number of carbonyl (C=O) groups excluding carboxylic acids is 1. The molecule has 0 spiro atoms. The fraction of sp³-hybridized carbons (Fsp3) is 0.500. The first kappa shape index (κ1) is 17.1. The molecule has 10 heavy (non-hydrogen) atoms. The molecular weight excluding hydrogens is 352 g/mol. The molecule has 0 aliphatic rings. The summed E-state index contributed by atoms with van der Waals surface area (Å²) in [7, 11) is -4.57. The molecule has 0 aliphatic heterocycles. The van der Waals surface area contributed by atoms with Crippen molar-refractivity contribution in [2.24, 2.45) is 0 Å². The van der Waals surface area contributed by atoms with Gasteiger partial charge in [-0.15, -0.1) is 0 Å². The van der Waals surface area contributed by atoms with E-state index in [9.17, 15) is 13.2 Å². The Morgan fingerprint density at radius 1 is 1.40 bits per heavy atom. The van der Waals surface area contributed by atoms with E-state index in [0.29, 0.717) is 0 Å². The molecule has 0 rings (SSSR count). The van der Waals surface area contributed by atoms with Gasteiger partial charge in [0.05, 0.1) is 0 Å². The molecular formula is C2H4Ag2O5S. The maximum atomic E-state index is 9.70. The van der Waals surface area contributed by atoms with Crippen LogP contribution < -0.4 is 0 Å². The summed E-state index contributed by atoms with van der Waals surface area (Å²) in [4.78, 5) is 9.70. The molecule has 0 amide bonds. The van der Waals surface area contributed by atoms with Gasteiger partial charge in [-0.3, -0.25) is 9.35 Å². The molecule has 8 heteroatoms. The second-order valence-electron chi connectivity index (χ2n) is 1.00. The first-order chi connectivity index (χ1) is 3.42. The second kappa shape index (κ2) is 6.56. The van der Waals surface area contributed by atoms with Crippen LogP contribution in [0.1, 0.15) is 6.92 Å². The second-order valence-corrected chi connectivity index (χ2v) is 2.02. The van der Waals surface area contributed by atoms with Crippen molar-refractivity contribution in [3.63, 3.8) is 0 Å². The Bertz CT molecular complexity index is 184. The van der Waals surface area contributed by atoms with Crippen LogP contribution in [0.2, 0.25) is 0 Å². The fourth-order valence-corrected chi connectivity index (χ4v) is 0.445. The van der Waals surface area contributed by atoms with Crippen molar-refractivity contribution >= 4 is 16.4 Å². The van der Waals surface area contributed by atoms with Crippen molar-refractivity contribution < 1.29 is 66.7 Å². The zero-order chi connectivity index (χ0) is 6.78. The van der Waals surface area contributed by atoms with Crippen molar-refractivity contribution in [3.8, 4) is 0 Å². The SMILES string of the molecule is CC(=O)OS(=O)(=O)O.[Ag].[Ag]. The minimum absolute atomic E-state index is 0. The summed E-state index contributed by atoms with van der Waals surface area (Å²) in [5.74, 6) is -1.06. The van der Waals surface area contributed by atoms with Crippen LogP contribution in [0.15, 0.2) is 0 Å². The molecule has 0 aromatic heterocycles. The van der Waals surface area contributed by atoms with E-state index in [1.165, 1.54) is 0 Å². The summed E-state index contributed by atoms with van der Waals surface area (Å²) in [5, 5.41) is 0. The summed E-state index contributed by atoms with van der Waals surface area (Å²) < 4.78 is 30.2. The first-order valence-electron chi connectivity index (χ1n) is 1.59. The zero-order valence-electron chi connectivity index (χ0n) is 4.59. The normalized spacial score (nSPS) is 8.60. The number of hydrogen-bond acceptors (Lipinski definition) is 4. The van der Waals surface area contributed by atoms with E-state index in [1.807, 2.05) is 0 Å². The predicted octanol–water partition coefficient (Wildman–Crippen LogP) is -0.653. The Kier molecular flexibility index (Phi) is 11.2. The quantitative estimate of drug-likeness (QED) is 0.499. The van der Waals surface area contributed by atoms with E-state index in [0.717, 1.165) is 6.92 Å². The van der Waals surface area contributed by atoms with Crippen molar-refractivity contribution in [1.82, 2.24) is 0 Å². The number of hydrogen-bond donors (Lipinski definition) is 1. The average molecular weight is 356 g/mol. The molecule has 2 radical (unpaired) electrons. The van der Waals surface area contributed by atoms with Gasteiger partial charge >= 0.3 is 16.4 Å². The van der Waals surface area contributed by atoms with E-state index in [4.69, 9.17) is 4.55 Å². The molecule has 0 aromatic rings. The van der Waals surface area contributed by atoms with Crippen molar-refractivity contribution in [1.29, 1.82) is 0 Å². The minimum atomic E-state index is -4.57. The average Bonchev–Trinajstić information content (AvgIpc) is 1.21. The Labute approximate surface area is 89.5 Å². The van der Waals surface area contributed by atoms with Gasteiger partial charge in [-0.05, 0) is 0 Å². The molecule has 0 fully saturated rings. The van der Waals surface area contributed by atoms with Gasteiger partial charge in [-0.25, -0.2) is 0 Å². The van der Waals surface area contributed by atoms with Crippen LogP contribution in [-0.4, -0.2) is 18.9 Å². The summed E-state index contributed by atoms with van der Waals surface area (Å²) in [5.41, 5.74) is 0. The molecule has 0 atom stereocenters. The van der Waals surface area contributed by atoms with E-state index >= 15 is 0 Å². The summed E-state index contributed by atoms with van der Waals surface area (Å²) in [6.45, 7) is 0.869. The molecule has 1 N–H and O–H groups in total. The Balaban J connectivity index is -0.000000245. The maximum absolute atomic E-state index is 9.70. The largest absolute Gasteiger partial charge is 0.448 e. The van der Waals surface area contributed by atoms with Crippen LogP contribution in [0.5, 0.6) is 0 Å². The molecule has 0 bridgehead atoms. The summed E-state index contributed by atoms with van der Waals surface area (Å²) in [6, 6.07) is 0. The summed E-state index contributed by atoms with van der Waals surface area (Å²) in [6.07, 6.45) is 0. The molecule has 0 unspecified atom stereocenters. The first-order valence-corrected chi connectivity index (χ1v) is 2.96. The van der Waals surface area contributed by atoms with Crippen LogP contribution >= 0.6 is 0 Å². The van der Waals surface area contributed by atoms with E-state index in [-0.39, 0.29) is 44.8 Å². The molecule has 5 nitrogen and oxygen atoms in total. The molecule has 0 saturated carbocycles. The third-order valence-electron chi connectivity index (χ3n) is 0.223. The zero-order valence-corrected chi connectivity index (χ0v) is 8.37. The number of carbonyl (C=O) groups is 1. The van der Waals surface area contributed by atoms with Crippen molar-refractivity contribution in [3.05, 3.63) is 0 Å². The molecule has 0 aliphatic carbocycles. The topological polar surface area (TPSA) is 80.7 Å². The third-order valence-corrected chi connectivity index (χ3v) is 0.668. The van der Waals surface area contributed by atoms with Gasteiger partial charge in [0.25, 0.3) is 0 Å². The van der Waals surface area contributed by atoms with Gasteiger partial charge in [0.15, 0.2) is 0 Å². The molecule has 0 aromatic carbocycles. The van der Waals surface area contributed by atoms with Gasteiger partial charge in [0, 0.05) is 51.7 Å². The minimum Gasteiger partial charge on any atom is -0.325 e. The standard InChI is InChI=1S/C2H4O5S.2Ag/c1-2(3)7-8(4,5)6;;/h1H3,(H,4,5,6);;. The Morgan fingerprint density at radius 3 is 1.70 bits per heavy atom. The van der Waals surface area contributed by atoms with Gasteiger partial charge in [-0.2, -0.15) is 8.42 Å². The van der Waals surface area contributed by atoms with E-state index in [2.05, 4.69) is 4.18 Å². The van der Waals surface area contributed by atoms with Gasteiger partial charge in [0.1, 0.15) is 0 Å². The summed E-state index contributed by atoms with van der Waals surface area (Å²) >= 11 is 0. The Morgan fingerprint density at radius 2 is 1.70 bits per heavy atom. The third kappa shape index (κ3) is 15.9. The Hall–Kier alpha value is 0.861. The molecule has 70 valence electrons. The maximum Gasteiger partial charge on any atom is 0.448 e. The smallest absolute Gasteiger partial charge is 0.325 e. The van der Waals surface area contributed by atoms with Crippen molar-refractivity contribution in [2.45, 2.75) is 6.92 Å². The van der Waals surface area contributed by atoms with E-state index < -0.39 is 16.4 Å². The van der Waals surface area contributed by atoms with E-state index in [1.54, 1.807) is 0 Å². The van der Waals surface area contributed by atoms with Gasteiger partial charge < -0.3 is 4.18 Å². The fourth-order valence-electron chi connectivity index (χ4n) is 0.148. The van der Waals surface area contributed by atoms with Gasteiger partial charge in [0.2, 0.25) is 0 Å². The monoisotopic (exact) mass is 354 g/mol. The van der Waals surface area contributed by atoms with Crippen molar-refractivity contribution in [2.75, 3.05) is 0 Å². The van der Waals surface area contributed by atoms with Crippen LogP contribution in [0.4, 0.5) is 0 Å². The van der Waals surface area contributed by atoms with Gasteiger partial charge in [-0.1, -0.05) is 0 Å². The van der Waals surface area contributed by atoms with Crippen LogP contribution in [-0.2, 0) is 64.1 Å². The van der Waals surface area contributed by atoms with Crippen LogP contribution in [0.3, 0.4) is 0 Å². The van der Waals surface area contributed by atoms with Crippen LogP contribution in [0.25, 0.3) is 0 Å². The predicted molar refractivity (Wildman–Crippen MR) is 23.3 cm³/mol.